The molecule has 1 aromatic rings. The van der Waals surface area contributed by atoms with Crippen LogP contribution in [0.15, 0.2) is 29.3 Å². The Morgan fingerprint density at radius 3 is 2.90 bits per heavy atom. The van der Waals surface area contributed by atoms with Gasteiger partial charge in [-0.05, 0) is 31.9 Å². The largest absolute Gasteiger partial charge is 0.463 e. The maximum atomic E-state index is 11.5. The summed E-state index contributed by atoms with van der Waals surface area (Å²) in [5.41, 5.74) is 2.52. The number of anilines is 1. The SMILES string of the molecule is CN=C(NCCC(=O)OC(C)C)N1CCc2ccccc21. The number of ether oxygens (including phenoxy) is 1. The van der Waals surface area contributed by atoms with E-state index < -0.39 is 0 Å². The highest BCUT2D eigenvalue weighted by Gasteiger charge is 2.22. The molecule has 0 aliphatic carbocycles. The number of esters is 1. The molecule has 5 heteroatoms. The van der Waals surface area contributed by atoms with Crippen LogP contribution in [-0.4, -0.2) is 38.2 Å². The van der Waals surface area contributed by atoms with Crippen molar-refractivity contribution in [2.45, 2.75) is 32.8 Å². The van der Waals surface area contributed by atoms with Crippen LogP contribution in [0.2, 0.25) is 0 Å². The van der Waals surface area contributed by atoms with Crippen LogP contribution in [0.3, 0.4) is 0 Å². The molecule has 0 saturated carbocycles. The molecule has 114 valence electrons. The van der Waals surface area contributed by atoms with Crippen molar-refractivity contribution in [2.24, 2.45) is 4.99 Å². The highest BCUT2D eigenvalue weighted by atomic mass is 16.5. The van der Waals surface area contributed by atoms with Crippen LogP contribution in [0.25, 0.3) is 0 Å². The Morgan fingerprint density at radius 2 is 2.19 bits per heavy atom. The second kappa shape index (κ2) is 7.11. The van der Waals surface area contributed by atoms with Crippen molar-refractivity contribution in [1.82, 2.24) is 5.32 Å². The molecule has 0 atom stereocenters. The van der Waals surface area contributed by atoms with E-state index in [2.05, 4.69) is 33.4 Å². The topological polar surface area (TPSA) is 53.9 Å². The van der Waals surface area contributed by atoms with E-state index in [0.29, 0.717) is 13.0 Å². The predicted octanol–water partition coefficient (Wildman–Crippen LogP) is 1.97. The summed E-state index contributed by atoms with van der Waals surface area (Å²) in [6.45, 7) is 5.14. The van der Waals surface area contributed by atoms with Gasteiger partial charge in [0.1, 0.15) is 0 Å². The summed E-state index contributed by atoms with van der Waals surface area (Å²) in [5.74, 6) is 0.618. The number of carbonyl (C=O) groups excluding carboxylic acids is 1. The normalized spacial score (nSPS) is 14.3. The summed E-state index contributed by atoms with van der Waals surface area (Å²) in [6, 6.07) is 8.33. The van der Waals surface area contributed by atoms with E-state index in [9.17, 15) is 4.79 Å². The van der Waals surface area contributed by atoms with E-state index in [0.717, 1.165) is 18.9 Å². The van der Waals surface area contributed by atoms with E-state index in [-0.39, 0.29) is 12.1 Å². The molecule has 0 spiro atoms. The molecule has 2 rings (SSSR count). The molecule has 1 aliphatic rings. The smallest absolute Gasteiger partial charge is 0.307 e. The first-order valence-electron chi connectivity index (χ1n) is 7.37. The molecule has 1 aromatic carbocycles. The minimum Gasteiger partial charge on any atom is -0.463 e. The molecule has 1 aliphatic heterocycles. The fourth-order valence-electron chi connectivity index (χ4n) is 2.45. The van der Waals surface area contributed by atoms with Gasteiger partial charge in [-0.15, -0.1) is 0 Å². The van der Waals surface area contributed by atoms with E-state index >= 15 is 0 Å². The minimum absolute atomic E-state index is 0.0673. The Balaban J connectivity index is 1.89. The Morgan fingerprint density at radius 1 is 1.43 bits per heavy atom. The molecule has 1 N–H and O–H groups in total. The zero-order valence-corrected chi connectivity index (χ0v) is 12.9. The Kier molecular flexibility index (Phi) is 5.20. The lowest BCUT2D eigenvalue weighted by atomic mass is 10.2. The first kappa shape index (κ1) is 15.4. The lowest BCUT2D eigenvalue weighted by molar-refractivity contribution is -0.147. The number of rotatable bonds is 4. The van der Waals surface area contributed by atoms with Crippen molar-refractivity contribution in [2.75, 3.05) is 25.0 Å². The van der Waals surface area contributed by atoms with Gasteiger partial charge in [0.2, 0.25) is 0 Å². The molecular formula is C16H23N3O2. The van der Waals surface area contributed by atoms with Crippen LogP contribution in [-0.2, 0) is 16.0 Å². The molecule has 1 heterocycles. The van der Waals surface area contributed by atoms with Crippen molar-refractivity contribution in [3.05, 3.63) is 29.8 Å². The number of benzene rings is 1. The summed E-state index contributed by atoms with van der Waals surface area (Å²) in [4.78, 5) is 18.0. The van der Waals surface area contributed by atoms with E-state index in [1.165, 1.54) is 11.3 Å². The number of aliphatic imine (C=N–C) groups is 1. The van der Waals surface area contributed by atoms with Gasteiger partial charge in [0.25, 0.3) is 0 Å². The van der Waals surface area contributed by atoms with Gasteiger partial charge in [0, 0.05) is 25.8 Å². The summed E-state index contributed by atoms with van der Waals surface area (Å²) in [7, 11) is 1.76. The highest BCUT2D eigenvalue weighted by Crippen LogP contribution is 2.27. The zero-order valence-electron chi connectivity index (χ0n) is 12.9. The molecule has 0 saturated heterocycles. The molecule has 0 aromatic heterocycles. The maximum absolute atomic E-state index is 11.5. The number of hydrogen-bond acceptors (Lipinski definition) is 3. The van der Waals surface area contributed by atoms with Crippen molar-refractivity contribution >= 4 is 17.6 Å². The van der Waals surface area contributed by atoms with Crippen LogP contribution < -0.4 is 10.2 Å². The molecule has 0 radical (unpaired) electrons. The van der Waals surface area contributed by atoms with Gasteiger partial charge in [-0.2, -0.15) is 0 Å². The fraction of sp³-hybridized carbons (Fsp3) is 0.500. The second-order valence-electron chi connectivity index (χ2n) is 5.29. The Labute approximate surface area is 126 Å². The predicted molar refractivity (Wildman–Crippen MR) is 84.7 cm³/mol. The number of para-hydroxylation sites is 1. The van der Waals surface area contributed by atoms with Crippen molar-refractivity contribution < 1.29 is 9.53 Å². The second-order valence-corrected chi connectivity index (χ2v) is 5.29. The Bertz CT molecular complexity index is 526. The lowest BCUT2D eigenvalue weighted by Crippen LogP contribution is -2.41. The number of fused-ring (bicyclic) bond motifs is 1. The number of carbonyl (C=O) groups is 1. The van der Waals surface area contributed by atoms with Gasteiger partial charge >= 0.3 is 5.97 Å². The molecular weight excluding hydrogens is 266 g/mol. The van der Waals surface area contributed by atoms with E-state index in [1.807, 2.05) is 19.9 Å². The average molecular weight is 289 g/mol. The highest BCUT2D eigenvalue weighted by molar-refractivity contribution is 5.98. The van der Waals surface area contributed by atoms with Crippen molar-refractivity contribution in [1.29, 1.82) is 0 Å². The summed E-state index contributed by atoms with van der Waals surface area (Å²) in [6.07, 6.45) is 1.29. The summed E-state index contributed by atoms with van der Waals surface area (Å²) in [5, 5.41) is 3.23. The number of nitrogens with zero attached hydrogens (tertiary/aromatic N) is 2. The number of hydrogen-bond donors (Lipinski definition) is 1. The quantitative estimate of drug-likeness (QED) is 0.523. The molecule has 0 fully saturated rings. The summed E-state index contributed by atoms with van der Waals surface area (Å²) >= 11 is 0. The van der Waals surface area contributed by atoms with Gasteiger partial charge in [-0.25, -0.2) is 0 Å². The van der Waals surface area contributed by atoms with Crippen molar-refractivity contribution in [3.8, 4) is 0 Å². The van der Waals surface area contributed by atoms with Gasteiger partial charge in [0.05, 0.1) is 12.5 Å². The Hall–Kier alpha value is -2.04. The van der Waals surface area contributed by atoms with Gasteiger partial charge in [-0.3, -0.25) is 9.79 Å². The lowest BCUT2D eigenvalue weighted by Gasteiger charge is -2.22. The molecule has 5 nitrogen and oxygen atoms in total. The summed E-state index contributed by atoms with van der Waals surface area (Å²) < 4.78 is 5.11. The van der Waals surface area contributed by atoms with Crippen molar-refractivity contribution in [3.63, 3.8) is 0 Å². The molecule has 0 unspecified atom stereocenters. The standard InChI is InChI=1S/C16H23N3O2/c1-12(2)21-15(20)8-10-18-16(17-3)19-11-9-13-6-4-5-7-14(13)19/h4-7,12H,8-11H2,1-3H3,(H,17,18). The average Bonchev–Trinajstić information content (AvgIpc) is 2.87. The van der Waals surface area contributed by atoms with Crippen LogP contribution in [0.4, 0.5) is 5.69 Å². The minimum atomic E-state index is -0.185. The first-order chi connectivity index (χ1) is 10.1. The van der Waals surface area contributed by atoms with E-state index in [4.69, 9.17) is 4.74 Å². The number of nitrogens with one attached hydrogen (secondary N) is 1. The monoisotopic (exact) mass is 289 g/mol. The molecule has 21 heavy (non-hydrogen) atoms. The molecule has 0 bridgehead atoms. The maximum Gasteiger partial charge on any atom is 0.307 e. The van der Waals surface area contributed by atoms with Crippen LogP contribution >= 0.6 is 0 Å². The van der Waals surface area contributed by atoms with Crippen LogP contribution in [0, 0.1) is 0 Å². The van der Waals surface area contributed by atoms with Crippen LogP contribution in [0.5, 0.6) is 0 Å². The third-order valence-electron chi connectivity index (χ3n) is 3.33. The van der Waals surface area contributed by atoms with Gasteiger partial charge in [0.15, 0.2) is 5.96 Å². The number of guanidine groups is 1. The third kappa shape index (κ3) is 3.97. The van der Waals surface area contributed by atoms with Gasteiger partial charge < -0.3 is 15.0 Å². The van der Waals surface area contributed by atoms with Gasteiger partial charge in [-0.1, -0.05) is 18.2 Å². The zero-order chi connectivity index (χ0) is 15.2. The van der Waals surface area contributed by atoms with Crippen LogP contribution in [0.1, 0.15) is 25.8 Å². The van der Waals surface area contributed by atoms with E-state index in [1.54, 1.807) is 7.05 Å². The third-order valence-corrected chi connectivity index (χ3v) is 3.33. The first-order valence-corrected chi connectivity index (χ1v) is 7.37. The fourth-order valence-corrected chi connectivity index (χ4v) is 2.45. The molecule has 0 amide bonds.